The molecule has 2 rings (SSSR count). The molecule has 1 unspecified atom stereocenters. The third-order valence-corrected chi connectivity index (χ3v) is 4.03. The minimum absolute atomic E-state index is 0.421. The number of nitrogens with zero attached hydrogens (tertiary/aromatic N) is 1. The molecule has 1 aromatic carbocycles. The molecule has 1 N–H and O–H groups in total. The first-order chi connectivity index (χ1) is 7.49. The number of halogens is 1. The molecule has 86 valence electrons. The lowest BCUT2D eigenvalue weighted by molar-refractivity contribution is -0.136. The summed E-state index contributed by atoms with van der Waals surface area (Å²) in [4.78, 5) is 13.9. The number of fused-ring (bicyclic) bond motifs is 1. The van der Waals surface area contributed by atoms with E-state index in [1.54, 1.807) is 0 Å². The fraction of sp³-hybridized carbons (Fsp3) is 0.364. The van der Waals surface area contributed by atoms with Crippen molar-refractivity contribution in [1.82, 2.24) is 0 Å². The van der Waals surface area contributed by atoms with Gasteiger partial charge in [0, 0.05) is 18.5 Å². The first-order valence-electron chi connectivity index (χ1n) is 4.90. The summed E-state index contributed by atoms with van der Waals surface area (Å²) >= 11 is 7.54. The van der Waals surface area contributed by atoms with E-state index >= 15 is 0 Å². The van der Waals surface area contributed by atoms with E-state index < -0.39 is 11.2 Å². The van der Waals surface area contributed by atoms with Crippen LogP contribution in [0, 0.1) is 6.92 Å². The second-order valence-corrected chi connectivity index (χ2v) is 5.57. The van der Waals surface area contributed by atoms with Gasteiger partial charge >= 0.3 is 5.97 Å². The summed E-state index contributed by atoms with van der Waals surface area (Å²) in [7, 11) is 1.87. The van der Waals surface area contributed by atoms with Crippen LogP contribution in [-0.2, 0) is 4.79 Å². The lowest BCUT2D eigenvalue weighted by atomic mass is 10.2. The Kier molecular flexibility index (Phi) is 3.04. The van der Waals surface area contributed by atoms with E-state index in [1.165, 1.54) is 11.8 Å². The van der Waals surface area contributed by atoms with Crippen LogP contribution >= 0.6 is 23.4 Å². The lowest BCUT2D eigenvalue weighted by Crippen LogP contribution is -2.36. The van der Waals surface area contributed by atoms with E-state index in [9.17, 15) is 4.79 Å². The van der Waals surface area contributed by atoms with Crippen molar-refractivity contribution in [1.29, 1.82) is 0 Å². The highest BCUT2D eigenvalue weighted by Crippen LogP contribution is 2.42. The highest BCUT2D eigenvalue weighted by Gasteiger charge is 2.29. The summed E-state index contributed by atoms with van der Waals surface area (Å²) in [5, 5.41) is 9.31. The van der Waals surface area contributed by atoms with Crippen LogP contribution in [0.2, 0.25) is 5.02 Å². The molecule has 0 bridgehead atoms. The molecule has 1 atom stereocenters. The Morgan fingerprint density at radius 2 is 2.31 bits per heavy atom. The van der Waals surface area contributed by atoms with Gasteiger partial charge in [-0.2, -0.15) is 0 Å². The van der Waals surface area contributed by atoms with Crippen molar-refractivity contribution in [3.05, 3.63) is 22.7 Å². The lowest BCUT2D eigenvalue weighted by Gasteiger charge is -2.31. The molecular formula is C11H12ClNO2S. The van der Waals surface area contributed by atoms with Gasteiger partial charge in [-0.1, -0.05) is 11.6 Å². The van der Waals surface area contributed by atoms with Crippen molar-refractivity contribution in [3.63, 3.8) is 0 Å². The van der Waals surface area contributed by atoms with E-state index in [1.807, 2.05) is 31.0 Å². The number of anilines is 1. The molecule has 5 heteroatoms. The zero-order chi connectivity index (χ0) is 11.9. The quantitative estimate of drug-likeness (QED) is 0.840. The predicted molar refractivity (Wildman–Crippen MR) is 66.7 cm³/mol. The topological polar surface area (TPSA) is 40.5 Å². The minimum Gasteiger partial charge on any atom is -0.480 e. The van der Waals surface area contributed by atoms with Crippen molar-refractivity contribution in [2.24, 2.45) is 0 Å². The van der Waals surface area contributed by atoms with Crippen LogP contribution in [0.4, 0.5) is 5.69 Å². The third kappa shape index (κ3) is 1.99. The summed E-state index contributed by atoms with van der Waals surface area (Å²) in [5.74, 6) is -0.778. The summed E-state index contributed by atoms with van der Waals surface area (Å²) in [6.07, 6.45) is 0. The predicted octanol–water partition coefficient (Wildman–Crippen LogP) is 2.64. The zero-order valence-corrected chi connectivity index (χ0v) is 10.6. The molecule has 0 radical (unpaired) electrons. The Hall–Kier alpha value is -0.870. The first kappa shape index (κ1) is 11.6. The fourth-order valence-electron chi connectivity index (χ4n) is 1.82. The number of thioether (sulfide) groups is 1. The standard InChI is InChI=1S/C11H12ClNO2S/c1-6-3-7(12)10-8(4-6)16-9(11(14)15)5-13(10)2/h3-4,9H,5H2,1-2H3,(H,14,15). The monoisotopic (exact) mass is 257 g/mol. The van der Waals surface area contributed by atoms with E-state index in [4.69, 9.17) is 16.7 Å². The molecule has 3 nitrogen and oxygen atoms in total. The van der Waals surface area contributed by atoms with Crippen LogP contribution in [-0.4, -0.2) is 29.9 Å². The van der Waals surface area contributed by atoms with Gasteiger partial charge in [0.1, 0.15) is 5.25 Å². The van der Waals surface area contributed by atoms with Gasteiger partial charge in [0.05, 0.1) is 10.7 Å². The Labute approximate surface area is 103 Å². The molecule has 0 saturated carbocycles. The summed E-state index contributed by atoms with van der Waals surface area (Å²) in [6, 6.07) is 3.88. The summed E-state index contributed by atoms with van der Waals surface area (Å²) < 4.78 is 0. The number of aliphatic carboxylic acids is 1. The normalized spacial score (nSPS) is 19.4. The molecule has 1 heterocycles. The Bertz CT molecular complexity index is 450. The SMILES string of the molecule is Cc1cc(Cl)c2c(c1)SC(C(=O)O)CN2C. The van der Waals surface area contributed by atoms with E-state index in [0.717, 1.165) is 16.1 Å². The number of rotatable bonds is 1. The minimum atomic E-state index is -0.778. The number of benzene rings is 1. The van der Waals surface area contributed by atoms with Crippen molar-refractivity contribution in [2.45, 2.75) is 17.1 Å². The van der Waals surface area contributed by atoms with Gasteiger partial charge in [0.2, 0.25) is 0 Å². The molecule has 16 heavy (non-hydrogen) atoms. The van der Waals surface area contributed by atoms with Crippen molar-refractivity contribution < 1.29 is 9.90 Å². The number of carboxylic acids is 1. The van der Waals surface area contributed by atoms with E-state index in [-0.39, 0.29) is 0 Å². The number of carboxylic acid groups (broad SMARTS) is 1. The average Bonchev–Trinajstić information content (AvgIpc) is 2.15. The Morgan fingerprint density at radius 3 is 2.94 bits per heavy atom. The van der Waals surface area contributed by atoms with Crippen LogP contribution in [0.1, 0.15) is 5.56 Å². The molecule has 0 spiro atoms. The summed E-state index contributed by atoms with van der Waals surface area (Å²) in [6.45, 7) is 2.44. The van der Waals surface area contributed by atoms with E-state index in [2.05, 4.69) is 0 Å². The number of carbonyl (C=O) groups is 1. The number of hydrogen-bond acceptors (Lipinski definition) is 3. The maximum Gasteiger partial charge on any atom is 0.318 e. The van der Waals surface area contributed by atoms with Gasteiger partial charge < -0.3 is 10.0 Å². The second kappa shape index (κ2) is 4.18. The van der Waals surface area contributed by atoms with Crippen molar-refractivity contribution >= 4 is 35.0 Å². The molecule has 0 aliphatic carbocycles. The fourth-order valence-corrected chi connectivity index (χ4v) is 3.63. The van der Waals surface area contributed by atoms with Gasteiger partial charge in [-0.05, 0) is 24.6 Å². The Balaban J connectivity index is 2.46. The van der Waals surface area contributed by atoms with Crippen LogP contribution in [0.15, 0.2) is 17.0 Å². The van der Waals surface area contributed by atoms with Crippen molar-refractivity contribution in [2.75, 3.05) is 18.5 Å². The maximum atomic E-state index is 11.0. The molecule has 1 aliphatic heterocycles. The first-order valence-corrected chi connectivity index (χ1v) is 6.15. The van der Waals surface area contributed by atoms with Gasteiger partial charge in [-0.25, -0.2) is 0 Å². The van der Waals surface area contributed by atoms with Crippen LogP contribution in [0.3, 0.4) is 0 Å². The van der Waals surface area contributed by atoms with Crippen molar-refractivity contribution in [3.8, 4) is 0 Å². The highest BCUT2D eigenvalue weighted by atomic mass is 35.5. The molecule has 0 aromatic heterocycles. The molecule has 1 aromatic rings. The smallest absolute Gasteiger partial charge is 0.318 e. The van der Waals surface area contributed by atoms with Gasteiger partial charge in [0.25, 0.3) is 0 Å². The zero-order valence-electron chi connectivity index (χ0n) is 9.03. The molecule has 1 aliphatic rings. The van der Waals surface area contributed by atoms with Crippen LogP contribution in [0.5, 0.6) is 0 Å². The van der Waals surface area contributed by atoms with Gasteiger partial charge in [0.15, 0.2) is 0 Å². The molecular weight excluding hydrogens is 246 g/mol. The molecule has 0 saturated heterocycles. The molecule has 0 amide bonds. The summed E-state index contributed by atoms with van der Waals surface area (Å²) in [5.41, 5.74) is 1.99. The van der Waals surface area contributed by atoms with Gasteiger partial charge in [-0.3, -0.25) is 4.79 Å². The second-order valence-electron chi connectivity index (χ2n) is 3.92. The third-order valence-electron chi connectivity index (χ3n) is 2.54. The largest absolute Gasteiger partial charge is 0.480 e. The average molecular weight is 258 g/mol. The van der Waals surface area contributed by atoms with Gasteiger partial charge in [-0.15, -0.1) is 11.8 Å². The van der Waals surface area contributed by atoms with Crippen LogP contribution < -0.4 is 4.90 Å². The highest BCUT2D eigenvalue weighted by molar-refractivity contribution is 8.00. The molecule has 0 fully saturated rings. The van der Waals surface area contributed by atoms with Crippen LogP contribution in [0.25, 0.3) is 0 Å². The van der Waals surface area contributed by atoms with E-state index in [0.29, 0.717) is 11.6 Å². The Morgan fingerprint density at radius 1 is 1.62 bits per heavy atom. The number of hydrogen-bond donors (Lipinski definition) is 1. The maximum absolute atomic E-state index is 11.0. The number of aryl methyl sites for hydroxylation is 1.